The second-order valence-electron chi connectivity index (χ2n) is 5.99. The number of hydrogen-bond acceptors (Lipinski definition) is 3. The Kier molecular flexibility index (Phi) is 6.91. The molecule has 0 spiro atoms. The van der Waals surface area contributed by atoms with Crippen LogP contribution in [0.1, 0.15) is 44.6 Å². The number of carbonyl (C=O) groups excluding carboxylic acids is 2. The summed E-state index contributed by atoms with van der Waals surface area (Å²) in [5, 5.41) is 3.47. The highest BCUT2D eigenvalue weighted by Gasteiger charge is 2.31. The molecule has 5 nitrogen and oxygen atoms in total. The quantitative estimate of drug-likeness (QED) is 0.855. The van der Waals surface area contributed by atoms with Crippen LogP contribution < -0.4 is 10.1 Å². The molecule has 6 heteroatoms. The second-order valence-corrected chi connectivity index (χ2v) is 6.39. The van der Waals surface area contributed by atoms with Crippen molar-refractivity contribution < 1.29 is 14.3 Å². The van der Waals surface area contributed by atoms with Gasteiger partial charge in [-0.3, -0.25) is 9.59 Å². The molecule has 1 unspecified atom stereocenters. The van der Waals surface area contributed by atoms with Crippen molar-refractivity contribution in [3.05, 3.63) is 28.8 Å². The van der Waals surface area contributed by atoms with Crippen molar-refractivity contribution in [1.82, 2.24) is 10.2 Å². The average Bonchev–Trinajstić information content (AvgIpc) is 2.60. The molecule has 1 heterocycles. The molecule has 0 bridgehead atoms. The largest absolute Gasteiger partial charge is 0.496 e. The number of rotatable bonds is 6. The first-order valence-corrected chi connectivity index (χ1v) is 8.84. The van der Waals surface area contributed by atoms with Crippen LogP contribution in [0, 0.1) is 0 Å². The van der Waals surface area contributed by atoms with Crippen LogP contribution >= 0.6 is 11.6 Å². The lowest BCUT2D eigenvalue weighted by molar-refractivity contribution is -0.142. The van der Waals surface area contributed by atoms with Gasteiger partial charge in [-0.05, 0) is 37.8 Å². The van der Waals surface area contributed by atoms with Crippen LogP contribution in [0.25, 0.3) is 0 Å². The van der Waals surface area contributed by atoms with Gasteiger partial charge in [0.15, 0.2) is 0 Å². The van der Waals surface area contributed by atoms with E-state index >= 15 is 0 Å². The minimum absolute atomic E-state index is 0.0627. The summed E-state index contributed by atoms with van der Waals surface area (Å²) in [7, 11) is 1.57. The third-order valence-electron chi connectivity index (χ3n) is 4.32. The van der Waals surface area contributed by atoms with E-state index in [9.17, 15) is 9.59 Å². The molecule has 24 heavy (non-hydrogen) atoms. The lowest BCUT2D eigenvalue weighted by Gasteiger charge is -2.34. The number of methoxy groups -OCH3 is 1. The number of halogens is 1. The van der Waals surface area contributed by atoms with Crippen molar-refractivity contribution in [2.24, 2.45) is 0 Å². The Morgan fingerprint density at radius 3 is 2.88 bits per heavy atom. The monoisotopic (exact) mass is 352 g/mol. The zero-order valence-electron chi connectivity index (χ0n) is 14.3. The molecule has 1 aromatic rings. The van der Waals surface area contributed by atoms with E-state index in [1.54, 1.807) is 24.1 Å². The van der Waals surface area contributed by atoms with Crippen LogP contribution in [0.15, 0.2) is 18.2 Å². The van der Waals surface area contributed by atoms with E-state index in [0.29, 0.717) is 30.2 Å². The molecule has 1 aliphatic rings. The lowest BCUT2D eigenvalue weighted by Crippen LogP contribution is -2.51. The number of carbonyl (C=O) groups is 2. The normalized spacial score (nSPS) is 17.5. The molecular formula is C18H25ClN2O3. The highest BCUT2D eigenvalue weighted by Crippen LogP contribution is 2.26. The van der Waals surface area contributed by atoms with Crippen LogP contribution in [0.2, 0.25) is 5.02 Å². The molecule has 1 aromatic carbocycles. The molecule has 1 N–H and O–H groups in total. The zero-order valence-corrected chi connectivity index (χ0v) is 15.1. The molecular weight excluding hydrogens is 328 g/mol. The smallest absolute Gasteiger partial charge is 0.243 e. The van der Waals surface area contributed by atoms with E-state index in [1.807, 2.05) is 13.0 Å². The standard InChI is InChI=1S/C18H25ClN2O3/c1-3-7-17(22)21-11-5-4-9-15(21)18(23)20-12-13-14(19)8-6-10-16(13)24-2/h6,8,10,15H,3-5,7,9,11-12H2,1-2H3,(H,20,23). The second kappa shape index (κ2) is 8.92. The fourth-order valence-corrected chi connectivity index (χ4v) is 3.29. The van der Waals surface area contributed by atoms with Crippen molar-refractivity contribution in [2.75, 3.05) is 13.7 Å². The molecule has 2 rings (SSSR count). The van der Waals surface area contributed by atoms with E-state index in [1.165, 1.54) is 0 Å². The summed E-state index contributed by atoms with van der Waals surface area (Å²) in [6, 6.07) is 5.00. The first-order chi connectivity index (χ1) is 11.6. The van der Waals surface area contributed by atoms with Crippen molar-refractivity contribution in [3.63, 3.8) is 0 Å². The maximum Gasteiger partial charge on any atom is 0.243 e. The number of nitrogens with zero attached hydrogens (tertiary/aromatic N) is 1. The SMILES string of the molecule is CCCC(=O)N1CCCCC1C(=O)NCc1c(Cl)cccc1OC. The molecule has 1 atom stereocenters. The van der Waals surface area contributed by atoms with Crippen molar-refractivity contribution >= 4 is 23.4 Å². The maximum absolute atomic E-state index is 12.6. The summed E-state index contributed by atoms with van der Waals surface area (Å²) in [6.07, 6.45) is 3.91. The van der Waals surface area contributed by atoms with Crippen LogP contribution in [0.5, 0.6) is 5.75 Å². The van der Waals surface area contributed by atoms with Crippen molar-refractivity contribution in [3.8, 4) is 5.75 Å². The lowest BCUT2D eigenvalue weighted by atomic mass is 10.0. The molecule has 0 aromatic heterocycles. The van der Waals surface area contributed by atoms with Gasteiger partial charge in [-0.2, -0.15) is 0 Å². The van der Waals surface area contributed by atoms with Gasteiger partial charge >= 0.3 is 0 Å². The van der Waals surface area contributed by atoms with Gasteiger partial charge in [0.25, 0.3) is 0 Å². The van der Waals surface area contributed by atoms with Crippen LogP contribution in [-0.2, 0) is 16.1 Å². The summed E-state index contributed by atoms with van der Waals surface area (Å²) >= 11 is 6.20. The van der Waals surface area contributed by atoms with Gasteiger partial charge in [0.2, 0.25) is 11.8 Å². The highest BCUT2D eigenvalue weighted by molar-refractivity contribution is 6.31. The summed E-state index contributed by atoms with van der Waals surface area (Å²) in [5.41, 5.74) is 0.747. The summed E-state index contributed by atoms with van der Waals surface area (Å²) in [4.78, 5) is 26.6. The molecule has 0 aliphatic carbocycles. The minimum Gasteiger partial charge on any atom is -0.496 e. The summed E-state index contributed by atoms with van der Waals surface area (Å²) in [5.74, 6) is 0.583. The topological polar surface area (TPSA) is 58.6 Å². The first-order valence-electron chi connectivity index (χ1n) is 8.47. The Labute approximate surface area is 148 Å². The Balaban J connectivity index is 2.04. The minimum atomic E-state index is -0.383. The number of ether oxygens (including phenoxy) is 1. The number of piperidine rings is 1. The third kappa shape index (κ3) is 4.41. The molecule has 2 amide bonds. The van der Waals surface area contributed by atoms with Gasteiger partial charge in [-0.1, -0.05) is 24.6 Å². The highest BCUT2D eigenvalue weighted by atomic mass is 35.5. The van der Waals surface area contributed by atoms with Crippen molar-refractivity contribution in [1.29, 1.82) is 0 Å². The Morgan fingerprint density at radius 2 is 2.17 bits per heavy atom. The summed E-state index contributed by atoms with van der Waals surface area (Å²) < 4.78 is 5.29. The van der Waals surface area contributed by atoms with Gasteiger partial charge in [-0.15, -0.1) is 0 Å². The van der Waals surface area contributed by atoms with Gasteiger partial charge in [0.1, 0.15) is 11.8 Å². The molecule has 1 aliphatic heterocycles. The van der Waals surface area contributed by atoms with E-state index in [0.717, 1.165) is 24.8 Å². The van der Waals surface area contributed by atoms with Gasteiger partial charge < -0.3 is 15.0 Å². The third-order valence-corrected chi connectivity index (χ3v) is 4.68. The number of amides is 2. The molecule has 132 valence electrons. The Hall–Kier alpha value is -1.75. The molecule has 0 radical (unpaired) electrons. The van der Waals surface area contributed by atoms with E-state index in [-0.39, 0.29) is 24.4 Å². The first kappa shape index (κ1) is 18.6. The molecule has 1 fully saturated rings. The Bertz CT molecular complexity index is 592. The number of likely N-dealkylation sites (tertiary alicyclic amines) is 1. The van der Waals surface area contributed by atoms with Crippen LogP contribution in [0.4, 0.5) is 0 Å². The maximum atomic E-state index is 12.6. The van der Waals surface area contributed by atoms with E-state index in [4.69, 9.17) is 16.3 Å². The average molecular weight is 353 g/mol. The Morgan fingerprint density at radius 1 is 1.38 bits per heavy atom. The fourth-order valence-electron chi connectivity index (χ4n) is 3.06. The summed E-state index contributed by atoms with van der Waals surface area (Å²) in [6.45, 7) is 2.92. The van der Waals surface area contributed by atoms with E-state index in [2.05, 4.69) is 5.32 Å². The number of benzene rings is 1. The predicted molar refractivity (Wildman–Crippen MR) is 94.1 cm³/mol. The number of hydrogen-bond donors (Lipinski definition) is 1. The fraction of sp³-hybridized carbons (Fsp3) is 0.556. The van der Waals surface area contributed by atoms with Crippen LogP contribution in [0.3, 0.4) is 0 Å². The van der Waals surface area contributed by atoms with Crippen LogP contribution in [-0.4, -0.2) is 36.4 Å². The van der Waals surface area contributed by atoms with Gasteiger partial charge in [0.05, 0.1) is 7.11 Å². The number of nitrogens with one attached hydrogen (secondary N) is 1. The molecule has 0 saturated carbocycles. The molecule has 1 saturated heterocycles. The van der Waals surface area contributed by atoms with Gasteiger partial charge in [0, 0.05) is 30.1 Å². The predicted octanol–water partition coefficient (Wildman–Crippen LogP) is 3.15. The van der Waals surface area contributed by atoms with E-state index < -0.39 is 0 Å². The zero-order chi connectivity index (χ0) is 17.5. The van der Waals surface area contributed by atoms with Crippen molar-refractivity contribution in [2.45, 2.75) is 51.6 Å². The van der Waals surface area contributed by atoms with Gasteiger partial charge in [-0.25, -0.2) is 0 Å².